The molecule has 5 nitrogen and oxygen atoms in total. The van der Waals surface area contributed by atoms with E-state index >= 15 is 0 Å². The summed E-state index contributed by atoms with van der Waals surface area (Å²) in [5.74, 6) is 0.502. The predicted octanol–water partition coefficient (Wildman–Crippen LogP) is -1.31. The van der Waals surface area contributed by atoms with Gasteiger partial charge in [0.2, 0.25) is 6.54 Å². The average molecular weight is 304 g/mol. The molecule has 0 atom stereocenters. The average Bonchev–Trinajstić information content (AvgIpc) is 2.91. The molecule has 2 aromatic heterocycles. The summed E-state index contributed by atoms with van der Waals surface area (Å²) in [5, 5.41) is 0. The van der Waals surface area contributed by atoms with Gasteiger partial charge >= 0.3 is 5.97 Å². The van der Waals surface area contributed by atoms with Gasteiger partial charge in [-0.1, -0.05) is 12.1 Å². The fraction of sp³-hybridized carbons (Fsp3) is 0.133. The van der Waals surface area contributed by atoms with Crippen LogP contribution in [0, 0.1) is 0 Å². The molecule has 0 fully saturated rings. The maximum absolute atomic E-state index is 11.3. The summed E-state index contributed by atoms with van der Waals surface area (Å²) in [6.07, 6.45) is 3.69. The smallest absolute Gasteiger partial charge is 0.372 e. The van der Waals surface area contributed by atoms with Crippen molar-refractivity contribution in [1.82, 2.24) is 9.97 Å². The number of imidazole rings is 1. The van der Waals surface area contributed by atoms with Crippen LogP contribution in [0.2, 0.25) is 0 Å². The number of nitrogens with one attached hydrogen (secondary N) is 1. The van der Waals surface area contributed by atoms with Crippen LogP contribution in [-0.4, -0.2) is 23.0 Å². The number of esters is 1. The van der Waals surface area contributed by atoms with Crippen molar-refractivity contribution in [3.05, 3.63) is 48.8 Å². The molecule has 2 heterocycles. The van der Waals surface area contributed by atoms with Crippen molar-refractivity contribution in [1.29, 1.82) is 0 Å². The van der Waals surface area contributed by atoms with Crippen molar-refractivity contribution in [2.24, 2.45) is 0 Å². The summed E-state index contributed by atoms with van der Waals surface area (Å²) in [6.45, 7) is 0.185. The first kappa shape index (κ1) is 15.0. The van der Waals surface area contributed by atoms with E-state index in [1.807, 2.05) is 48.8 Å². The number of aromatic amines is 1. The SMILES string of the molecule is COC(=O)C[n+]1cccc(-c2nc3ccccc3[nH]2)c1.[Cl-]. The second-order valence-corrected chi connectivity index (χ2v) is 4.44. The molecule has 0 aliphatic rings. The van der Waals surface area contributed by atoms with E-state index < -0.39 is 0 Å². The van der Waals surface area contributed by atoms with E-state index in [1.54, 1.807) is 4.57 Å². The van der Waals surface area contributed by atoms with Crippen LogP contribution in [0.15, 0.2) is 48.8 Å². The highest BCUT2D eigenvalue weighted by molar-refractivity contribution is 5.78. The molecule has 1 N–H and O–H groups in total. The van der Waals surface area contributed by atoms with Crippen LogP contribution in [0.5, 0.6) is 0 Å². The van der Waals surface area contributed by atoms with Crippen molar-refractivity contribution in [2.45, 2.75) is 6.54 Å². The maximum atomic E-state index is 11.3. The molecule has 0 saturated heterocycles. The molecular weight excluding hydrogens is 290 g/mol. The van der Waals surface area contributed by atoms with Crippen molar-refractivity contribution in [3.63, 3.8) is 0 Å². The van der Waals surface area contributed by atoms with Crippen LogP contribution in [0.3, 0.4) is 0 Å². The van der Waals surface area contributed by atoms with Crippen LogP contribution in [0.25, 0.3) is 22.4 Å². The van der Waals surface area contributed by atoms with Crippen molar-refractivity contribution < 1.29 is 26.5 Å². The van der Waals surface area contributed by atoms with E-state index in [-0.39, 0.29) is 24.9 Å². The predicted molar refractivity (Wildman–Crippen MR) is 73.7 cm³/mol. The molecule has 0 amide bonds. The molecule has 6 heteroatoms. The lowest BCUT2D eigenvalue weighted by Crippen LogP contribution is -3.00. The van der Waals surface area contributed by atoms with Crippen LogP contribution in [0.4, 0.5) is 0 Å². The zero-order chi connectivity index (χ0) is 13.9. The molecule has 1 aromatic carbocycles. The summed E-state index contributed by atoms with van der Waals surface area (Å²) in [4.78, 5) is 19.1. The number of ether oxygens (including phenoxy) is 1. The number of H-pyrrole nitrogens is 1. The highest BCUT2D eigenvalue weighted by Crippen LogP contribution is 2.18. The number of carbonyl (C=O) groups is 1. The Hall–Kier alpha value is -2.40. The first-order valence-corrected chi connectivity index (χ1v) is 6.27. The molecule has 21 heavy (non-hydrogen) atoms. The van der Waals surface area contributed by atoms with Gasteiger partial charge in [-0.15, -0.1) is 0 Å². The molecule has 0 bridgehead atoms. The third-order valence-electron chi connectivity index (χ3n) is 3.06. The molecule has 0 aliphatic heterocycles. The van der Waals surface area contributed by atoms with Crippen LogP contribution in [-0.2, 0) is 16.1 Å². The van der Waals surface area contributed by atoms with Crippen molar-refractivity contribution in [3.8, 4) is 11.4 Å². The molecule has 0 radical (unpaired) electrons. The normalized spacial score (nSPS) is 10.1. The van der Waals surface area contributed by atoms with E-state index in [0.717, 1.165) is 22.4 Å². The second kappa shape index (κ2) is 6.37. The van der Waals surface area contributed by atoms with E-state index in [9.17, 15) is 4.79 Å². The number of rotatable bonds is 3. The number of aromatic nitrogens is 3. The highest BCUT2D eigenvalue weighted by Gasteiger charge is 2.12. The number of benzene rings is 1. The topological polar surface area (TPSA) is 58.9 Å². The van der Waals surface area contributed by atoms with Gasteiger partial charge in [-0.2, -0.15) is 4.57 Å². The molecule has 0 spiro atoms. The van der Waals surface area contributed by atoms with E-state index in [4.69, 9.17) is 0 Å². The number of para-hydroxylation sites is 2. The molecular formula is C15H14ClN3O2. The number of nitrogens with zero attached hydrogens (tertiary/aromatic N) is 2. The van der Waals surface area contributed by atoms with Crippen LogP contribution < -0.4 is 17.0 Å². The maximum Gasteiger partial charge on any atom is 0.372 e. The lowest BCUT2D eigenvalue weighted by atomic mass is 10.2. The van der Waals surface area contributed by atoms with Gasteiger partial charge in [0.1, 0.15) is 5.82 Å². The van der Waals surface area contributed by atoms with Gasteiger partial charge in [0.05, 0.1) is 23.7 Å². The van der Waals surface area contributed by atoms with Gasteiger partial charge in [-0.05, 0) is 18.2 Å². The molecule has 108 valence electrons. The fourth-order valence-electron chi connectivity index (χ4n) is 2.06. The van der Waals surface area contributed by atoms with Gasteiger partial charge in [0, 0.05) is 6.07 Å². The number of methoxy groups -OCH3 is 1. The van der Waals surface area contributed by atoms with Crippen molar-refractivity contribution >= 4 is 17.0 Å². The Labute approximate surface area is 128 Å². The standard InChI is InChI=1S/C15H14N3O2.ClH/c1-20-14(19)10-18-8-4-5-11(9-18)15-16-12-6-2-3-7-13(12)17-15;/h2-9H,10H2,1H3,(H,16,17);1H/q+1;/p-1. The third kappa shape index (κ3) is 3.20. The van der Waals surface area contributed by atoms with Gasteiger partial charge in [0.15, 0.2) is 12.4 Å². The first-order chi connectivity index (χ1) is 9.76. The summed E-state index contributed by atoms with van der Waals surface area (Å²) >= 11 is 0. The minimum atomic E-state index is -0.281. The number of pyridine rings is 1. The molecule has 0 aliphatic carbocycles. The lowest BCUT2D eigenvalue weighted by molar-refractivity contribution is -0.685. The van der Waals surface area contributed by atoms with Gasteiger partial charge in [-0.25, -0.2) is 9.78 Å². The zero-order valence-corrected chi connectivity index (χ0v) is 12.2. The van der Waals surface area contributed by atoms with Gasteiger partial charge in [-0.3, -0.25) is 0 Å². The molecule has 0 saturated carbocycles. The highest BCUT2D eigenvalue weighted by atomic mass is 35.5. The van der Waals surface area contributed by atoms with Gasteiger partial charge < -0.3 is 22.1 Å². The quantitative estimate of drug-likeness (QED) is 0.483. The van der Waals surface area contributed by atoms with E-state index in [2.05, 4.69) is 14.7 Å². The Kier molecular flexibility index (Phi) is 4.55. The van der Waals surface area contributed by atoms with E-state index in [0.29, 0.717) is 0 Å². The zero-order valence-electron chi connectivity index (χ0n) is 11.4. The Morgan fingerprint density at radius 3 is 2.86 bits per heavy atom. The Morgan fingerprint density at radius 2 is 2.10 bits per heavy atom. The number of hydrogen-bond donors (Lipinski definition) is 1. The number of fused-ring (bicyclic) bond motifs is 1. The monoisotopic (exact) mass is 303 g/mol. The summed E-state index contributed by atoms with van der Waals surface area (Å²) in [6, 6.07) is 11.7. The Balaban J connectivity index is 0.00000161. The first-order valence-electron chi connectivity index (χ1n) is 6.27. The molecule has 3 rings (SSSR count). The number of carbonyl (C=O) groups excluding carboxylic acids is 1. The summed E-state index contributed by atoms with van der Waals surface area (Å²) in [7, 11) is 1.38. The van der Waals surface area contributed by atoms with Crippen molar-refractivity contribution in [2.75, 3.05) is 7.11 Å². The van der Waals surface area contributed by atoms with E-state index in [1.165, 1.54) is 7.11 Å². The summed E-state index contributed by atoms with van der Waals surface area (Å²) < 4.78 is 6.44. The molecule has 0 unspecified atom stereocenters. The van der Waals surface area contributed by atoms with Crippen LogP contribution in [0.1, 0.15) is 0 Å². The third-order valence-corrected chi connectivity index (χ3v) is 3.06. The number of hydrogen-bond acceptors (Lipinski definition) is 3. The molecule has 3 aromatic rings. The summed E-state index contributed by atoms with van der Waals surface area (Å²) in [5.41, 5.74) is 2.84. The number of halogens is 1. The largest absolute Gasteiger partial charge is 1.00 e. The Bertz CT molecular complexity index is 737. The Morgan fingerprint density at radius 1 is 1.29 bits per heavy atom. The lowest BCUT2D eigenvalue weighted by Gasteiger charge is -1.98. The minimum Gasteiger partial charge on any atom is -1.00 e. The minimum absolute atomic E-state index is 0. The van der Waals surface area contributed by atoms with Gasteiger partial charge in [0.25, 0.3) is 0 Å². The fourth-order valence-corrected chi connectivity index (χ4v) is 2.06. The second-order valence-electron chi connectivity index (χ2n) is 4.44. The van der Waals surface area contributed by atoms with Crippen LogP contribution >= 0.6 is 0 Å².